The van der Waals surface area contributed by atoms with Gasteiger partial charge in [0.05, 0.1) is 18.8 Å². The minimum Gasteiger partial charge on any atom is -0.394 e. The van der Waals surface area contributed by atoms with E-state index >= 15 is 0 Å². The second kappa shape index (κ2) is 8.93. The normalized spacial score (nSPS) is 46.4. The van der Waals surface area contributed by atoms with Crippen LogP contribution in [0.4, 0.5) is 0 Å². The molecule has 2 saturated heterocycles. The molecule has 0 spiro atoms. The molecular formula is C16H30O11. The van der Waals surface area contributed by atoms with Crippen molar-refractivity contribution in [2.45, 2.75) is 87.8 Å². The van der Waals surface area contributed by atoms with Gasteiger partial charge in [0.1, 0.15) is 48.8 Å². The van der Waals surface area contributed by atoms with Crippen LogP contribution in [0.25, 0.3) is 0 Å². The Morgan fingerprint density at radius 1 is 0.704 bits per heavy atom. The summed E-state index contributed by atoms with van der Waals surface area (Å²) in [7, 11) is 0. The van der Waals surface area contributed by atoms with E-state index in [0.717, 1.165) is 0 Å². The van der Waals surface area contributed by atoms with Gasteiger partial charge in [0, 0.05) is 0 Å². The first kappa shape index (κ1) is 22.8. The monoisotopic (exact) mass is 398 g/mol. The highest BCUT2D eigenvalue weighted by atomic mass is 16.7. The lowest BCUT2D eigenvalue weighted by Crippen LogP contribution is -2.65. The third-order valence-electron chi connectivity index (χ3n) is 4.43. The van der Waals surface area contributed by atoms with E-state index in [1.807, 2.05) is 0 Å². The molecule has 27 heavy (non-hydrogen) atoms. The van der Waals surface area contributed by atoms with Crippen molar-refractivity contribution in [3.63, 3.8) is 0 Å². The fraction of sp³-hybridized carbons (Fsp3) is 1.00. The summed E-state index contributed by atoms with van der Waals surface area (Å²) in [4.78, 5) is 0. The van der Waals surface area contributed by atoms with Crippen molar-refractivity contribution in [1.29, 1.82) is 0 Å². The SMILES string of the molecule is CC(C)(C)O[C@@H]1O[C@H](CO)[C@@H](O[C@@H]2O[C@H](CO)[C@H](O)[C@H](O)[C@H]2O)[C@H](O)[C@H]1O. The van der Waals surface area contributed by atoms with Crippen molar-refractivity contribution in [3.8, 4) is 0 Å². The van der Waals surface area contributed by atoms with Crippen LogP contribution in [0.5, 0.6) is 0 Å². The third kappa shape index (κ3) is 5.14. The van der Waals surface area contributed by atoms with Crippen molar-refractivity contribution < 1.29 is 54.7 Å². The van der Waals surface area contributed by atoms with E-state index in [9.17, 15) is 35.7 Å². The Balaban J connectivity index is 2.12. The van der Waals surface area contributed by atoms with Gasteiger partial charge >= 0.3 is 0 Å². The molecule has 0 bridgehead atoms. The van der Waals surface area contributed by atoms with Gasteiger partial charge in [-0.1, -0.05) is 0 Å². The molecule has 2 aliphatic rings. The molecule has 160 valence electrons. The first-order chi connectivity index (χ1) is 12.5. The average molecular weight is 398 g/mol. The molecule has 2 rings (SSSR count). The molecule has 11 heteroatoms. The van der Waals surface area contributed by atoms with E-state index in [1.54, 1.807) is 20.8 Å². The van der Waals surface area contributed by atoms with Gasteiger partial charge in [-0.15, -0.1) is 0 Å². The van der Waals surface area contributed by atoms with Crippen molar-refractivity contribution in [3.05, 3.63) is 0 Å². The second-order valence-corrected chi connectivity index (χ2v) is 7.73. The molecule has 0 radical (unpaired) electrons. The smallest absolute Gasteiger partial charge is 0.187 e. The molecule has 2 aliphatic heterocycles. The van der Waals surface area contributed by atoms with Crippen LogP contribution in [0.15, 0.2) is 0 Å². The molecule has 2 fully saturated rings. The van der Waals surface area contributed by atoms with E-state index in [2.05, 4.69) is 0 Å². The van der Waals surface area contributed by atoms with Gasteiger partial charge in [-0.25, -0.2) is 0 Å². The summed E-state index contributed by atoms with van der Waals surface area (Å²) in [5, 5.41) is 69.2. The zero-order chi connectivity index (χ0) is 20.5. The zero-order valence-electron chi connectivity index (χ0n) is 15.5. The van der Waals surface area contributed by atoms with E-state index in [4.69, 9.17) is 18.9 Å². The predicted molar refractivity (Wildman–Crippen MR) is 87.2 cm³/mol. The molecule has 0 aromatic heterocycles. The summed E-state index contributed by atoms with van der Waals surface area (Å²) in [5.41, 5.74) is -0.698. The molecule has 0 aliphatic carbocycles. The van der Waals surface area contributed by atoms with Crippen LogP contribution in [0, 0.1) is 0 Å². The molecule has 7 N–H and O–H groups in total. The minimum absolute atomic E-state index is 0.601. The van der Waals surface area contributed by atoms with Gasteiger partial charge in [-0.2, -0.15) is 0 Å². The number of hydrogen-bond acceptors (Lipinski definition) is 11. The highest BCUT2D eigenvalue weighted by Gasteiger charge is 2.51. The number of ether oxygens (including phenoxy) is 4. The maximum Gasteiger partial charge on any atom is 0.187 e. The van der Waals surface area contributed by atoms with Crippen LogP contribution in [0.3, 0.4) is 0 Å². The van der Waals surface area contributed by atoms with Crippen LogP contribution < -0.4 is 0 Å². The summed E-state index contributed by atoms with van der Waals surface area (Å²) in [6.45, 7) is 3.91. The summed E-state index contributed by atoms with van der Waals surface area (Å²) in [5.74, 6) is 0. The second-order valence-electron chi connectivity index (χ2n) is 7.73. The third-order valence-corrected chi connectivity index (χ3v) is 4.43. The Bertz CT molecular complexity index is 466. The zero-order valence-corrected chi connectivity index (χ0v) is 15.5. The molecule has 10 atom stereocenters. The van der Waals surface area contributed by atoms with Crippen molar-refractivity contribution >= 4 is 0 Å². The Morgan fingerprint density at radius 3 is 1.74 bits per heavy atom. The first-order valence-corrected chi connectivity index (χ1v) is 8.76. The quantitative estimate of drug-likeness (QED) is 0.243. The summed E-state index contributed by atoms with van der Waals surface area (Å²) < 4.78 is 21.7. The van der Waals surface area contributed by atoms with E-state index in [1.165, 1.54) is 0 Å². The fourth-order valence-corrected chi connectivity index (χ4v) is 3.00. The Morgan fingerprint density at radius 2 is 1.22 bits per heavy atom. The highest BCUT2D eigenvalue weighted by molar-refractivity contribution is 4.94. The Hall–Kier alpha value is -0.440. The molecule has 0 aromatic rings. The number of hydrogen-bond donors (Lipinski definition) is 7. The van der Waals surface area contributed by atoms with Gasteiger partial charge in [-0.05, 0) is 20.8 Å². The van der Waals surface area contributed by atoms with Crippen LogP contribution in [0.2, 0.25) is 0 Å². The maximum absolute atomic E-state index is 10.4. The maximum atomic E-state index is 10.4. The topological polar surface area (TPSA) is 179 Å². The van der Waals surface area contributed by atoms with E-state index in [0.29, 0.717) is 0 Å². The first-order valence-electron chi connectivity index (χ1n) is 8.76. The summed E-state index contributed by atoms with van der Waals surface area (Å²) in [6.07, 6.45) is -14.5. The van der Waals surface area contributed by atoms with E-state index in [-0.39, 0.29) is 0 Å². The molecule has 0 amide bonds. The van der Waals surface area contributed by atoms with Crippen molar-refractivity contribution in [2.24, 2.45) is 0 Å². The Labute approximate surface area is 156 Å². The molecule has 11 nitrogen and oxygen atoms in total. The van der Waals surface area contributed by atoms with Crippen LogP contribution in [-0.4, -0.2) is 116 Å². The molecule has 0 unspecified atom stereocenters. The van der Waals surface area contributed by atoms with Crippen LogP contribution in [-0.2, 0) is 18.9 Å². The fourth-order valence-electron chi connectivity index (χ4n) is 3.00. The van der Waals surface area contributed by atoms with Gasteiger partial charge in [0.2, 0.25) is 0 Å². The number of aliphatic hydroxyl groups excluding tert-OH is 7. The van der Waals surface area contributed by atoms with Crippen LogP contribution in [0.1, 0.15) is 20.8 Å². The lowest BCUT2D eigenvalue weighted by Gasteiger charge is -2.46. The van der Waals surface area contributed by atoms with Crippen molar-refractivity contribution in [2.75, 3.05) is 13.2 Å². The van der Waals surface area contributed by atoms with E-state index < -0.39 is 80.2 Å². The highest BCUT2D eigenvalue weighted by Crippen LogP contribution is 2.30. The van der Waals surface area contributed by atoms with Crippen molar-refractivity contribution in [1.82, 2.24) is 0 Å². The summed E-state index contributed by atoms with van der Waals surface area (Å²) >= 11 is 0. The number of rotatable bonds is 5. The minimum atomic E-state index is -1.70. The Kier molecular flexibility index (Phi) is 7.55. The lowest BCUT2D eigenvalue weighted by molar-refractivity contribution is -0.366. The number of aliphatic hydroxyl groups is 7. The van der Waals surface area contributed by atoms with Gasteiger partial charge in [0.25, 0.3) is 0 Å². The largest absolute Gasteiger partial charge is 0.394 e. The standard InChI is InChI=1S/C16H30O11/c1-16(2,3)27-15-12(23)10(21)13(7(5-18)25-15)26-14-11(22)9(20)8(19)6(4-17)24-14/h6-15,17-23H,4-5H2,1-3H3/t6-,7-,8+,9+,10-,11-,12-,13-,14+,15+/m1/s1. The lowest BCUT2D eigenvalue weighted by atomic mass is 9.97. The van der Waals surface area contributed by atoms with Gasteiger partial charge in [0.15, 0.2) is 12.6 Å². The van der Waals surface area contributed by atoms with Gasteiger partial charge in [-0.3, -0.25) is 0 Å². The molecule has 2 heterocycles. The van der Waals surface area contributed by atoms with Gasteiger partial charge < -0.3 is 54.7 Å². The predicted octanol–water partition coefficient (Wildman–Crippen LogP) is -3.57. The molecule has 0 saturated carbocycles. The van der Waals surface area contributed by atoms with Crippen LogP contribution >= 0.6 is 0 Å². The average Bonchev–Trinajstić information content (AvgIpc) is 2.60. The molecular weight excluding hydrogens is 368 g/mol. The molecule has 0 aromatic carbocycles. The summed E-state index contributed by atoms with van der Waals surface area (Å²) in [6, 6.07) is 0.